The van der Waals surface area contributed by atoms with Crippen LogP contribution in [0, 0.1) is 12.8 Å². The quantitative estimate of drug-likeness (QED) is 0.789. The molecule has 24 heavy (non-hydrogen) atoms. The van der Waals surface area contributed by atoms with E-state index in [4.69, 9.17) is 14.8 Å². The van der Waals surface area contributed by atoms with Gasteiger partial charge >= 0.3 is 0 Å². The molecule has 1 atom stereocenters. The Kier molecular flexibility index (Phi) is 3.94. The molecule has 3 aromatic rings. The number of hydrogen-bond acceptors (Lipinski definition) is 6. The van der Waals surface area contributed by atoms with Crippen LogP contribution in [0.2, 0.25) is 0 Å². The molecule has 0 radical (unpaired) electrons. The SMILES string of the molecule is COc1cnc2c(-c3nc4c(s3)CC(CCO)C4)cc(C)cc2n1. The number of methoxy groups -OCH3 is 1. The van der Waals surface area contributed by atoms with Gasteiger partial charge in [-0.1, -0.05) is 0 Å². The summed E-state index contributed by atoms with van der Waals surface area (Å²) in [5.41, 5.74) is 5.05. The highest BCUT2D eigenvalue weighted by Crippen LogP contribution is 2.39. The van der Waals surface area contributed by atoms with E-state index in [-0.39, 0.29) is 6.61 Å². The Balaban J connectivity index is 1.77. The van der Waals surface area contributed by atoms with Gasteiger partial charge in [0, 0.05) is 17.0 Å². The molecule has 1 N–H and O–H groups in total. The van der Waals surface area contributed by atoms with Gasteiger partial charge in [-0.05, 0) is 49.8 Å². The number of fused-ring (bicyclic) bond motifs is 2. The lowest BCUT2D eigenvalue weighted by Crippen LogP contribution is -2.02. The van der Waals surface area contributed by atoms with E-state index in [0.717, 1.165) is 46.4 Å². The van der Waals surface area contributed by atoms with Crippen LogP contribution in [0.3, 0.4) is 0 Å². The maximum atomic E-state index is 9.12. The van der Waals surface area contributed by atoms with E-state index in [1.165, 1.54) is 10.6 Å². The van der Waals surface area contributed by atoms with Gasteiger partial charge < -0.3 is 9.84 Å². The Morgan fingerprint density at radius 2 is 2.17 bits per heavy atom. The summed E-state index contributed by atoms with van der Waals surface area (Å²) in [7, 11) is 1.60. The number of ether oxygens (including phenoxy) is 1. The van der Waals surface area contributed by atoms with Crippen LogP contribution in [-0.4, -0.2) is 33.8 Å². The molecule has 1 unspecified atom stereocenters. The number of nitrogens with zero attached hydrogens (tertiary/aromatic N) is 3. The van der Waals surface area contributed by atoms with Crippen molar-refractivity contribution >= 4 is 22.4 Å². The molecule has 0 saturated heterocycles. The van der Waals surface area contributed by atoms with Gasteiger partial charge in [0.1, 0.15) is 5.01 Å². The molecule has 0 saturated carbocycles. The Hall–Kier alpha value is -2.05. The molecule has 1 aromatic carbocycles. The van der Waals surface area contributed by atoms with Crippen molar-refractivity contribution in [3.05, 3.63) is 34.5 Å². The van der Waals surface area contributed by atoms with Gasteiger partial charge in [0.2, 0.25) is 5.88 Å². The van der Waals surface area contributed by atoms with Crippen molar-refractivity contribution in [2.24, 2.45) is 5.92 Å². The second kappa shape index (κ2) is 6.11. The van der Waals surface area contributed by atoms with Crippen LogP contribution in [0.15, 0.2) is 18.3 Å². The monoisotopic (exact) mass is 341 g/mol. The van der Waals surface area contributed by atoms with Crippen molar-refractivity contribution in [2.75, 3.05) is 13.7 Å². The molecule has 6 heteroatoms. The van der Waals surface area contributed by atoms with Gasteiger partial charge in [-0.15, -0.1) is 11.3 Å². The van der Waals surface area contributed by atoms with Crippen LogP contribution in [0.4, 0.5) is 0 Å². The fourth-order valence-electron chi connectivity index (χ4n) is 3.32. The molecule has 2 aromatic heterocycles. The second-order valence-corrected chi connectivity index (χ2v) is 7.35. The van der Waals surface area contributed by atoms with E-state index >= 15 is 0 Å². The summed E-state index contributed by atoms with van der Waals surface area (Å²) in [6.45, 7) is 2.31. The zero-order chi connectivity index (χ0) is 16.7. The lowest BCUT2D eigenvalue weighted by molar-refractivity contribution is 0.259. The number of aliphatic hydroxyl groups is 1. The van der Waals surface area contributed by atoms with E-state index in [9.17, 15) is 0 Å². The predicted octanol–water partition coefficient (Wildman–Crippen LogP) is 3.17. The Labute approximate surface area is 144 Å². The van der Waals surface area contributed by atoms with Crippen LogP contribution in [0.1, 0.15) is 22.6 Å². The number of aliphatic hydroxyl groups excluding tert-OH is 1. The average Bonchev–Trinajstić information content (AvgIpc) is 3.12. The normalized spacial score (nSPS) is 16.5. The molecule has 0 aliphatic heterocycles. The van der Waals surface area contributed by atoms with Gasteiger partial charge in [-0.3, -0.25) is 0 Å². The number of hydrogen-bond donors (Lipinski definition) is 1. The van der Waals surface area contributed by atoms with Crippen molar-refractivity contribution in [2.45, 2.75) is 26.2 Å². The smallest absolute Gasteiger partial charge is 0.232 e. The highest BCUT2D eigenvalue weighted by Gasteiger charge is 2.26. The predicted molar refractivity (Wildman–Crippen MR) is 94.5 cm³/mol. The minimum absolute atomic E-state index is 0.256. The summed E-state index contributed by atoms with van der Waals surface area (Å²) in [5.74, 6) is 1.06. The lowest BCUT2D eigenvalue weighted by atomic mass is 10.0. The van der Waals surface area contributed by atoms with E-state index in [2.05, 4.69) is 23.0 Å². The van der Waals surface area contributed by atoms with E-state index < -0.39 is 0 Å². The van der Waals surface area contributed by atoms with E-state index in [1.54, 1.807) is 24.6 Å². The first-order chi connectivity index (χ1) is 11.7. The number of thiazole rings is 1. The summed E-state index contributed by atoms with van der Waals surface area (Å²) in [5, 5.41) is 10.1. The summed E-state index contributed by atoms with van der Waals surface area (Å²) in [6.07, 6.45) is 4.50. The third-order valence-electron chi connectivity index (χ3n) is 4.48. The topological polar surface area (TPSA) is 68.1 Å². The maximum Gasteiger partial charge on any atom is 0.232 e. The van der Waals surface area contributed by atoms with Gasteiger partial charge in [-0.2, -0.15) is 0 Å². The van der Waals surface area contributed by atoms with E-state index in [1.807, 2.05) is 6.07 Å². The van der Waals surface area contributed by atoms with Crippen molar-refractivity contribution < 1.29 is 9.84 Å². The molecule has 0 amide bonds. The first-order valence-corrected chi connectivity index (χ1v) is 8.90. The molecular weight excluding hydrogens is 322 g/mol. The third-order valence-corrected chi connectivity index (χ3v) is 5.63. The number of aryl methyl sites for hydroxylation is 1. The van der Waals surface area contributed by atoms with Crippen LogP contribution >= 0.6 is 11.3 Å². The molecular formula is C18H19N3O2S. The van der Waals surface area contributed by atoms with Crippen molar-refractivity contribution in [3.63, 3.8) is 0 Å². The van der Waals surface area contributed by atoms with Gasteiger partial charge in [0.05, 0.1) is 30.0 Å². The summed E-state index contributed by atoms with van der Waals surface area (Å²) in [6, 6.07) is 4.15. The first kappa shape index (κ1) is 15.5. The number of aromatic nitrogens is 3. The van der Waals surface area contributed by atoms with Gasteiger partial charge in [-0.25, -0.2) is 15.0 Å². The van der Waals surface area contributed by atoms with Gasteiger partial charge in [0.25, 0.3) is 0 Å². The molecule has 0 fully saturated rings. The zero-order valence-corrected chi connectivity index (χ0v) is 14.6. The largest absolute Gasteiger partial charge is 0.480 e. The van der Waals surface area contributed by atoms with Crippen LogP contribution < -0.4 is 4.74 Å². The Morgan fingerprint density at radius 1 is 1.29 bits per heavy atom. The fraction of sp³-hybridized carbons (Fsp3) is 0.389. The third kappa shape index (κ3) is 2.65. The minimum Gasteiger partial charge on any atom is -0.480 e. The van der Waals surface area contributed by atoms with Crippen molar-refractivity contribution in [1.29, 1.82) is 0 Å². The maximum absolute atomic E-state index is 9.12. The van der Waals surface area contributed by atoms with Crippen LogP contribution in [0.5, 0.6) is 5.88 Å². The summed E-state index contributed by atoms with van der Waals surface area (Å²) >= 11 is 1.75. The Morgan fingerprint density at radius 3 is 2.92 bits per heavy atom. The summed E-state index contributed by atoms with van der Waals surface area (Å²) in [4.78, 5) is 15.3. The molecule has 2 heterocycles. The van der Waals surface area contributed by atoms with Crippen molar-refractivity contribution in [3.8, 4) is 16.5 Å². The Bertz CT molecular complexity index is 883. The molecule has 5 nitrogen and oxygen atoms in total. The average molecular weight is 341 g/mol. The first-order valence-electron chi connectivity index (χ1n) is 8.09. The zero-order valence-electron chi connectivity index (χ0n) is 13.7. The molecule has 1 aliphatic rings. The molecule has 0 bridgehead atoms. The molecule has 4 rings (SSSR count). The number of rotatable bonds is 4. The van der Waals surface area contributed by atoms with E-state index in [0.29, 0.717) is 11.8 Å². The van der Waals surface area contributed by atoms with Crippen LogP contribution in [0.25, 0.3) is 21.6 Å². The molecule has 124 valence electrons. The summed E-state index contributed by atoms with van der Waals surface area (Å²) < 4.78 is 5.19. The standard InChI is InChI=1S/C18H19N3O2S/c1-10-5-12(17-14(6-10)20-16(23-2)9-19-17)18-21-13-7-11(3-4-22)8-15(13)24-18/h5-6,9,11,22H,3-4,7-8H2,1-2H3. The molecule has 1 aliphatic carbocycles. The highest BCUT2D eigenvalue weighted by atomic mass is 32.1. The highest BCUT2D eigenvalue weighted by molar-refractivity contribution is 7.15. The fourth-order valence-corrected chi connectivity index (χ4v) is 4.54. The molecule has 0 spiro atoms. The number of benzene rings is 1. The van der Waals surface area contributed by atoms with Gasteiger partial charge in [0.15, 0.2) is 0 Å². The van der Waals surface area contributed by atoms with Crippen molar-refractivity contribution in [1.82, 2.24) is 15.0 Å². The minimum atomic E-state index is 0.256. The lowest BCUT2D eigenvalue weighted by Gasteiger charge is -2.08. The second-order valence-electron chi connectivity index (χ2n) is 6.27. The van der Waals surface area contributed by atoms with Crippen LogP contribution in [-0.2, 0) is 12.8 Å².